The Balaban J connectivity index is 1.75. The fourth-order valence-electron chi connectivity index (χ4n) is 3.60. The molecule has 3 rings (SSSR count). The molecule has 2 aromatic rings. The second-order valence-electron chi connectivity index (χ2n) is 7.50. The molecule has 0 bridgehead atoms. The monoisotopic (exact) mass is 400 g/mol. The molecule has 1 atom stereocenters. The largest absolute Gasteiger partial charge is 0.353 e. The lowest BCUT2D eigenvalue weighted by atomic mass is 9.95. The number of amides is 1. The highest BCUT2D eigenvalue weighted by Crippen LogP contribution is 2.22. The van der Waals surface area contributed by atoms with E-state index < -0.39 is 16.1 Å². The molecule has 0 radical (unpaired) electrons. The Kier molecular flexibility index (Phi) is 6.86. The van der Waals surface area contributed by atoms with E-state index in [2.05, 4.69) is 10.0 Å². The fourth-order valence-corrected chi connectivity index (χ4v) is 4.83. The number of nitrogens with one attached hydrogen (secondary N) is 2. The molecule has 0 spiro atoms. The van der Waals surface area contributed by atoms with Crippen molar-refractivity contribution in [2.75, 3.05) is 0 Å². The first kappa shape index (κ1) is 20.6. The van der Waals surface area contributed by atoms with Gasteiger partial charge in [0.2, 0.25) is 15.9 Å². The van der Waals surface area contributed by atoms with Gasteiger partial charge in [0.05, 0.1) is 10.9 Å². The van der Waals surface area contributed by atoms with Gasteiger partial charge in [0.1, 0.15) is 0 Å². The first-order chi connectivity index (χ1) is 13.4. The van der Waals surface area contributed by atoms with Gasteiger partial charge in [0.25, 0.3) is 0 Å². The first-order valence-corrected chi connectivity index (χ1v) is 11.4. The predicted octanol–water partition coefficient (Wildman–Crippen LogP) is 3.85. The van der Waals surface area contributed by atoms with Crippen LogP contribution in [0, 0.1) is 6.92 Å². The molecule has 5 nitrogen and oxygen atoms in total. The number of aryl methyl sites for hydroxylation is 1. The minimum absolute atomic E-state index is 0.0750. The maximum atomic E-state index is 12.9. The van der Waals surface area contributed by atoms with Crippen LogP contribution in [0.1, 0.15) is 55.7 Å². The summed E-state index contributed by atoms with van der Waals surface area (Å²) in [5.74, 6) is -0.118. The molecule has 0 aliphatic heterocycles. The lowest BCUT2D eigenvalue weighted by molar-refractivity contribution is -0.122. The number of hydrogen-bond donors (Lipinski definition) is 2. The highest BCUT2D eigenvalue weighted by Gasteiger charge is 2.25. The summed E-state index contributed by atoms with van der Waals surface area (Å²) in [4.78, 5) is 12.8. The molecular formula is C22H28N2O3S. The highest BCUT2D eigenvalue weighted by molar-refractivity contribution is 7.89. The van der Waals surface area contributed by atoms with Crippen LogP contribution in [-0.2, 0) is 14.8 Å². The van der Waals surface area contributed by atoms with Crippen LogP contribution in [-0.4, -0.2) is 20.4 Å². The van der Waals surface area contributed by atoms with Gasteiger partial charge in [-0.05, 0) is 37.5 Å². The van der Waals surface area contributed by atoms with E-state index in [0.29, 0.717) is 0 Å². The number of benzene rings is 2. The summed E-state index contributed by atoms with van der Waals surface area (Å²) in [5, 5.41) is 3.08. The van der Waals surface area contributed by atoms with Gasteiger partial charge in [-0.1, -0.05) is 67.3 Å². The van der Waals surface area contributed by atoms with Gasteiger partial charge in [-0.25, -0.2) is 13.1 Å². The van der Waals surface area contributed by atoms with Crippen LogP contribution in [0.5, 0.6) is 0 Å². The summed E-state index contributed by atoms with van der Waals surface area (Å²) in [6.45, 7) is 1.91. The molecule has 150 valence electrons. The third kappa shape index (κ3) is 5.66. The zero-order chi connectivity index (χ0) is 20.0. The number of rotatable bonds is 7. The second kappa shape index (κ2) is 9.34. The summed E-state index contributed by atoms with van der Waals surface area (Å²) in [6.07, 6.45) is 5.55. The van der Waals surface area contributed by atoms with Crippen molar-refractivity contribution in [3.8, 4) is 0 Å². The van der Waals surface area contributed by atoms with Gasteiger partial charge in [0.15, 0.2) is 0 Å². The Labute approximate surface area is 167 Å². The van der Waals surface area contributed by atoms with Crippen molar-refractivity contribution in [2.45, 2.75) is 62.4 Å². The average molecular weight is 401 g/mol. The van der Waals surface area contributed by atoms with E-state index in [1.165, 1.54) is 6.42 Å². The minimum atomic E-state index is -3.73. The van der Waals surface area contributed by atoms with Crippen LogP contribution in [0.4, 0.5) is 0 Å². The number of hydrogen-bond acceptors (Lipinski definition) is 3. The summed E-state index contributed by atoms with van der Waals surface area (Å²) < 4.78 is 28.4. The third-order valence-electron chi connectivity index (χ3n) is 5.19. The lowest BCUT2D eigenvalue weighted by Crippen LogP contribution is -2.39. The van der Waals surface area contributed by atoms with E-state index in [1.54, 1.807) is 24.3 Å². The van der Waals surface area contributed by atoms with E-state index in [4.69, 9.17) is 0 Å². The quantitative estimate of drug-likeness (QED) is 0.741. The van der Waals surface area contributed by atoms with Gasteiger partial charge in [-0.2, -0.15) is 0 Å². The van der Waals surface area contributed by atoms with Crippen molar-refractivity contribution in [3.63, 3.8) is 0 Å². The molecule has 1 fully saturated rings. The lowest BCUT2D eigenvalue weighted by Gasteiger charge is -2.24. The Bertz CT molecular complexity index is 874. The molecular weight excluding hydrogens is 372 g/mol. The van der Waals surface area contributed by atoms with Crippen molar-refractivity contribution in [2.24, 2.45) is 0 Å². The van der Waals surface area contributed by atoms with Crippen molar-refractivity contribution in [1.82, 2.24) is 10.0 Å². The standard InChI is InChI=1S/C22H28N2O3S/c1-17-12-14-20(15-13-17)28(26,27)24-21(18-8-4-2-5-9-18)16-22(25)23-19-10-6-3-7-11-19/h2,4-5,8-9,12-15,19,21,24H,3,6-7,10-11,16H2,1H3,(H,23,25)/t21-/m1/s1. The SMILES string of the molecule is Cc1ccc(S(=O)(=O)N[C@H](CC(=O)NC2CCCCC2)c2ccccc2)cc1. The second-order valence-corrected chi connectivity index (χ2v) is 9.22. The van der Waals surface area contributed by atoms with Crippen LogP contribution >= 0.6 is 0 Å². The number of carbonyl (C=O) groups excluding carboxylic acids is 1. The highest BCUT2D eigenvalue weighted by atomic mass is 32.2. The van der Waals surface area contributed by atoms with Crippen molar-refractivity contribution in [3.05, 3.63) is 65.7 Å². The van der Waals surface area contributed by atoms with E-state index in [1.807, 2.05) is 37.3 Å². The van der Waals surface area contributed by atoms with Gasteiger partial charge in [-0.3, -0.25) is 4.79 Å². The molecule has 1 amide bonds. The summed E-state index contributed by atoms with van der Waals surface area (Å²) >= 11 is 0. The zero-order valence-electron chi connectivity index (χ0n) is 16.2. The van der Waals surface area contributed by atoms with Crippen molar-refractivity contribution in [1.29, 1.82) is 0 Å². The zero-order valence-corrected chi connectivity index (χ0v) is 17.0. The van der Waals surface area contributed by atoms with Crippen molar-refractivity contribution < 1.29 is 13.2 Å². The van der Waals surface area contributed by atoms with Crippen LogP contribution in [0.2, 0.25) is 0 Å². The van der Waals surface area contributed by atoms with Gasteiger partial charge in [-0.15, -0.1) is 0 Å². The van der Waals surface area contributed by atoms with E-state index >= 15 is 0 Å². The normalized spacial score (nSPS) is 16.5. The predicted molar refractivity (Wildman–Crippen MR) is 110 cm³/mol. The van der Waals surface area contributed by atoms with E-state index in [9.17, 15) is 13.2 Å². The average Bonchev–Trinajstić information content (AvgIpc) is 2.69. The maximum absolute atomic E-state index is 12.9. The van der Waals surface area contributed by atoms with Gasteiger partial charge < -0.3 is 5.32 Å². The summed E-state index contributed by atoms with van der Waals surface area (Å²) in [7, 11) is -3.73. The molecule has 6 heteroatoms. The van der Waals surface area contributed by atoms with Crippen LogP contribution < -0.4 is 10.0 Å². The van der Waals surface area contributed by atoms with Crippen LogP contribution in [0.3, 0.4) is 0 Å². The molecule has 1 saturated carbocycles. The molecule has 2 N–H and O–H groups in total. The molecule has 0 unspecified atom stereocenters. The third-order valence-corrected chi connectivity index (χ3v) is 6.68. The summed E-state index contributed by atoms with van der Waals surface area (Å²) in [6, 6.07) is 15.5. The molecule has 0 heterocycles. The molecule has 0 saturated heterocycles. The van der Waals surface area contributed by atoms with Crippen LogP contribution in [0.25, 0.3) is 0 Å². The molecule has 28 heavy (non-hydrogen) atoms. The minimum Gasteiger partial charge on any atom is -0.353 e. The Morgan fingerprint density at radius 2 is 1.64 bits per heavy atom. The Morgan fingerprint density at radius 1 is 1.00 bits per heavy atom. The fraction of sp³-hybridized carbons (Fsp3) is 0.409. The first-order valence-electron chi connectivity index (χ1n) is 9.87. The molecule has 1 aliphatic rings. The smallest absolute Gasteiger partial charge is 0.241 e. The number of carbonyl (C=O) groups is 1. The maximum Gasteiger partial charge on any atom is 0.241 e. The van der Waals surface area contributed by atoms with E-state index in [0.717, 1.165) is 36.8 Å². The van der Waals surface area contributed by atoms with Crippen LogP contribution in [0.15, 0.2) is 59.5 Å². The summed E-state index contributed by atoms with van der Waals surface area (Å²) in [5.41, 5.74) is 1.77. The van der Waals surface area contributed by atoms with Crippen molar-refractivity contribution >= 4 is 15.9 Å². The van der Waals surface area contributed by atoms with Gasteiger partial charge in [0, 0.05) is 12.5 Å². The topological polar surface area (TPSA) is 75.3 Å². The van der Waals surface area contributed by atoms with Gasteiger partial charge >= 0.3 is 0 Å². The Morgan fingerprint density at radius 3 is 2.29 bits per heavy atom. The molecule has 0 aromatic heterocycles. The Hall–Kier alpha value is -2.18. The molecule has 2 aromatic carbocycles. The van der Waals surface area contributed by atoms with E-state index in [-0.39, 0.29) is 23.3 Å². The number of sulfonamides is 1. The molecule has 1 aliphatic carbocycles.